The summed E-state index contributed by atoms with van der Waals surface area (Å²) < 4.78 is 0. The highest BCUT2D eigenvalue weighted by Gasteiger charge is 2.23. The molecule has 17 heavy (non-hydrogen) atoms. The van der Waals surface area contributed by atoms with Crippen LogP contribution in [0.15, 0.2) is 0 Å². The van der Waals surface area contributed by atoms with E-state index in [1.807, 2.05) is 19.0 Å². The van der Waals surface area contributed by atoms with E-state index < -0.39 is 0 Å². The van der Waals surface area contributed by atoms with E-state index in [9.17, 15) is 5.11 Å². The van der Waals surface area contributed by atoms with Gasteiger partial charge in [0.1, 0.15) is 0 Å². The zero-order chi connectivity index (χ0) is 12.8. The minimum Gasteiger partial charge on any atom is -0.390 e. The average Bonchev–Trinajstić information content (AvgIpc) is 2.65. The molecule has 0 aromatic carbocycles. The fourth-order valence-electron chi connectivity index (χ4n) is 2.44. The van der Waals surface area contributed by atoms with Gasteiger partial charge in [-0.15, -0.1) is 0 Å². The highest BCUT2D eigenvalue weighted by Crippen LogP contribution is 2.17. The van der Waals surface area contributed by atoms with Gasteiger partial charge in [0.15, 0.2) is 0 Å². The van der Waals surface area contributed by atoms with Crippen LogP contribution in [0.1, 0.15) is 20.3 Å². The molecule has 1 fully saturated rings. The molecule has 1 heterocycles. The number of likely N-dealkylation sites (tertiary alicyclic amines) is 1. The minimum absolute atomic E-state index is 0.257. The van der Waals surface area contributed by atoms with Crippen molar-refractivity contribution >= 4 is 0 Å². The van der Waals surface area contributed by atoms with E-state index in [2.05, 4.69) is 24.1 Å². The van der Waals surface area contributed by atoms with Gasteiger partial charge in [-0.25, -0.2) is 0 Å². The largest absolute Gasteiger partial charge is 0.390 e. The summed E-state index contributed by atoms with van der Waals surface area (Å²) >= 11 is 0. The van der Waals surface area contributed by atoms with Crippen LogP contribution in [-0.2, 0) is 0 Å². The first-order valence-corrected chi connectivity index (χ1v) is 6.76. The SMILES string of the molecule is CC(C)N1CCC(CNCC(O)CN(C)C)C1. The third kappa shape index (κ3) is 5.82. The van der Waals surface area contributed by atoms with Crippen LogP contribution in [0.4, 0.5) is 0 Å². The zero-order valence-corrected chi connectivity index (χ0v) is 11.8. The molecule has 0 aromatic heterocycles. The molecule has 2 unspecified atom stereocenters. The standard InChI is InChI=1S/C13H29N3O/c1-11(2)16-6-5-12(9-16)7-14-8-13(17)10-15(3)4/h11-14,17H,5-10H2,1-4H3. The van der Waals surface area contributed by atoms with Crippen LogP contribution in [-0.4, -0.2) is 73.9 Å². The first kappa shape index (κ1) is 14.9. The van der Waals surface area contributed by atoms with Gasteiger partial charge in [0, 0.05) is 25.7 Å². The third-order valence-corrected chi connectivity index (χ3v) is 3.44. The van der Waals surface area contributed by atoms with Gasteiger partial charge in [-0.05, 0) is 53.4 Å². The van der Waals surface area contributed by atoms with Crippen molar-refractivity contribution in [1.82, 2.24) is 15.1 Å². The van der Waals surface area contributed by atoms with E-state index in [4.69, 9.17) is 0 Å². The minimum atomic E-state index is -0.257. The Morgan fingerprint density at radius 2 is 2.12 bits per heavy atom. The Morgan fingerprint density at radius 3 is 2.65 bits per heavy atom. The molecule has 2 N–H and O–H groups in total. The van der Waals surface area contributed by atoms with Crippen molar-refractivity contribution in [1.29, 1.82) is 0 Å². The number of likely N-dealkylation sites (N-methyl/N-ethyl adjacent to an activating group) is 1. The van der Waals surface area contributed by atoms with E-state index in [0.29, 0.717) is 12.6 Å². The topological polar surface area (TPSA) is 38.7 Å². The lowest BCUT2D eigenvalue weighted by Gasteiger charge is -2.21. The van der Waals surface area contributed by atoms with Gasteiger partial charge < -0.3 is 20.2 Å². The molecule has 0 saturated carbocycles. The summed E-state index contributed by atoms with van der Waals surface area (Å²) in [5, 5.41) is 13.1. The molecule has 0 aliphatic carbocycles. The highest BCUT2D eigenvalue weighted by atomic mass is 16.3. The van der Waals surface area contributed by atoms with Crippen molar-refractivity contribution in [2.45, 2.75) is 32.4 Å². The number of aliphatic hydroxyl groups excluding tert-OH is 1. The molecule has 0 radical (unpaired) electrons. The zero-order valence-electron chi connectivity index (χ0n) is 11.8. The molecule has 0 amide bonds. The molecule has 4 heteroatoms. The maximum Gasteiger partial charge on any atom is 0.0791 e. The van der Waals surface area contributed by atoms with Crippen LogP contribution in [0, 0.1) is 5.92 Å². The van der Waals surface area contributed by atoms with Crippen molar-refractivity contribution in [3.05, 3.63) is 0 Å². The molecule has 0 aromatic rings. The lowest BCUT2D eigenvalue weighted by atomic mass is 10.1. The molecule has 1 aliphatic heterocycles. The Morgan fingerprint density at radius 1 is 1.41 bits per heavy atom. The summed E-state index contributed by atoms with van der Waals surface area (Å²) in [6, 6.07) is 0.666. The number of hydrogen-bond donors (Lipinski definition) is 2. The van der Waals surface area contributed by atoms with E-state index >= 15 is 0 Å². The maximum atomic E-state index is 9.72. The van der Waals surface area contributed by atoms with Crippen molar-refractivity contribution in [3.63, 3.8) is 0 Å². The average molecular weight is 243 g/mol. The first-order chi connectivity index (χ1) is 7.99. The van der Waals surface area contributed by atoms with E-state index in [1.54, 1.807) is 0 Å². The number of rotatable bonds is 7. The summed E-state index contributed by atoms with van der Waals surface area (Å²) in [4.78, 5) is 4.55. The predicted molar refractivity (Wildman–Crippen MR) is 72.2 cm³/mol. The lowest BCUT2D eigenvalue weighted by Crippen LogP contribution is -2.37. The molecular formula is C13H29N3O. The first-order valence-electron chi connectivity index (χ1n) is 6.76. The Bertz CT molecular complexity index is 209. The van der Waals surface area contributed by atoms with Gasteiger partial charge in [-0.2, -0.15) is 0 Å². The van der Waals surface area contributed by atoms with Crippen molar-refractivity contribution in [2.75, 3.05) is 46.8 Å². The second kappa shape index (κ2) is 7.31. The summed E-state index contributed by atoms with van der Waals surface area (Å²) in [6.45, 7) is 9.42. The second-order valence-electron chi connectivity index (χ2n) is 5.82. The highest BCUT2D eigenvalue weighted by molar-refractivity contribution is 4.79. The van der Waals surface area contributed by atoms with Gasteiger partial charge in [0.25, 0.3) is 0 Å². The monoisotopic (exact) mass is 243 g/mol. The molecule has 1 saturated heterocycles. The quantitative estimate of drug-likeness (QED) is 0.671. The number of hydrogen-bond acceptors (Lipinski definition) is 4. The van der Waals surface area contributed by atoms with Crippen LogP contribution in [0.25, 0.3) is 0 Å². The van der Waals surface area contributed by atoms with E-state index in [0.717, 1.165) is 19.0 Å². The van der Waals surface area contributed by atoms with Crippen LogP contribution in [0.2, 0.25) is 0 Å². The molecule has 4 nitrogen and oxygen atoms in total. The van der Waals surface area contributed by atoms with Gasteiger partial charge in [-0.1, -0.05) is 0 Å². The van der Waals surface area contributed by atoms with Gasteiger partial charge in [0.2, 0.25) is 0 Å². The van der Waals surface area contributed by atoms with Crippen molar-refractivity contribution in [3.8, 4) is 0 Å². The molecular weight excluding hydrogens is 214 g/mol. The maximum absolute atomic E-state index is 9.72. The Balaban J connectivity index is 2.08. The molecule has 2 atom stereocenters. The van der Waals surface area contributed by atoms with E-state index in [1.165, 1.54) is 19.5 Å². The lowest BCUT2D eigenvalue weighted by molar-refractivity contribution is 0.133. The number of nitrogens with zero attached hydrogens (tertiary/aromatic N) is 2. The van der Waals surface area contributed by atoms with E-state index in [-0.39, 0.29) is 6.10 Å². The fraction of sp³-hybridized carbons (Fsp3) is 1.00. The van der Waals surface area contributed by atoms with Crippen molar-refractivity contribution in [2.24, 2.45) is 5.92 Å². The smallest absolute Gasteiger partial charge is 0.0791 e. The summed E-state index contributed by atoms with van der Waals surface area (Å²) in [7, 11) is 3.97. The van der Waals surface area contributed by atoms with Gasteiger partial charge >= 0.3 is 0 Å². The number of aliphatic hydroxyl groups is 1. The Labute approximate surface area is 106 Å². The molecule has 0 bridgehead atoms. The Hall–Kier alpha value is -0.160. The summed E-state index contributed by atoms with van der Waals surface area (Å²) in [5.74, 6) is 0.754. The van der Waals surface area contributed by atoms with Crippen molar-refractivity contribution < 1.29 is 5.11 Å². The van der Waals surface area contributed by atoms with Crippen LogP contribution < -0.4 is 5.32 Å². The molecule has 102 valence electrons. The second-order valence-corrected chi connectivity index (χ2v) is 5.82. The van der Waals surface area contributed by atoms with Gasteiger partial charge in [-0.3, -0.25) is 0 Å². The fourth-order valence-corrected chi connectivity index (χ4v) is 2.44. The summed E-state index contributed by atoms with van der Waals surface area (Å²) in [5.41, 5.74) is 0. The molecule has 1 rings (SSSR count). The molecule has 1 aliphatic rings. The van der Waals surface area contributed by atoms with Crippen LogP contribution in [0.5, 0.6) is 0 Å². The number of nitrogens with one attached hydrogen (secondary N) is 1. The third-order valence-electron chi connectivity index (χ3n) is 3.44. The van der Waals surface area contributed by atoms with Crippen LogP contribution in [0.3, 0.4) is 0 Å². The Kier molecular flexibility index (Phi) is 6.41. The predicted octanol–water partition coefficient (Wildman–Crippen LogP) is 0.229. The van der Waals surface area contributed by atoms with Crippen LogP contribution >= 0.6 is 0 Å². The normalized spacial score (nSPS) is 23.8. The summed E-state index contributed by atoms with van der Waals surface area (Å²) in [6.07, 6.45) is 1.03. The van der Waals surface area contributed by atoms with Gasteiger partial charge in [0.05, 0.1) is 6.10 Å². The molecule has 0 spiro atoms.